The van der Waals surface area contributed by atoms with E-state index in [0.29, 0.717) is 38.6 Å². The minimum Gasteiger partial charge on any atom is -0.395 e. The number of aliphatic hydroxyl groups is 1. The number of amides is 2. The molecule has 0 aromatic heterocycles. The van der Waals surface area contributed by atoms with E-state index in [4.69, 9.17) is 5.11 Å². The lowest BCUT2D eigenvalue weighted by Crippen LogP contribution is -2.39. The van der Waals surface area contributed by atoms with E-state index in [1.54, 1.807) is 4.90 Å². The van der Waals surface area contributed by atoms with Crippen LogP contribution in [0, 0.1) is 13.8 Å². The van der Waals surface area contributed by atoms with Crippen LogP contribution in [0.3, 0.4) is 0 Å². The molecule has 1 saturated carbocycles. The lowest BCUT2D eigenvalue weighted by molar-refractivity contribution is -0.132. The SMILES string of the molecule is CCN(CCO)C(=O)CCN(CC(=O)Nc1cc(C)ccc1C)C1CC1. The molecule has 1 aromatic carbocycles. The van der Waals surface area contributed by atoms with Crippen molar-refractivity contribution in [3.8, 4) is 0 Å². The van der Waals surface area contributed by atoms with Crippen molar-refractivity contribution >= 4 is 17.5 Å². The molecule has 0 unspecified atom stereocenters. The number of hydrogen-bond donors (Lipinski definition) is 2. The highest BCUT2D eigenvalue weighted by Gasteiger charge is 2.30. The quantitative estimate of drug-likeness (QED) is 0.668. The first-order chi connectivity index (χ1) is 12.4. The minimum atomic E-state index is -0.0410. The van der Waals surface area contributed by atoms with E-state index >= 15 is 0 Å². The van der Waals surface area contributed by atoms with Crippen LogP contribution in [-0.2, 0) is 9.59 Å². The van der Waals surface area contributed by atoms with Crippen molar-refractivity contribution in [2.24, 2.45) is 0 Å². The van der Waals surface area contributed by atoms with Gasteiger partial charge in [-0.1, -0.05) is 12.1 Å². The highest BCUT2D eigenvalue weighted by molar-refractivity contribution is 5.93. The third-order valence-corrected chi connectivity index (χ3v) is 4.79. The van der Waals surface area contributed by atoms with E-state index in [1.165, 1.54) is 0 Å². The summed E-state index contributed by atoms with van der Waals surface area (Å²) in [5.74, 6) is -0.0112. The van der Waals surface area contributed by atoms with Crippen LogP contribution in [0.1, 0.15) is 37.3 Å². The van der Waals surface area contributed by atoms with E-state index in [0.717, 1.165) is 29.7 Å². The summed E-state index contributed by atoms with van der Waals surface area (Å²) in [5.41, 5.74) is 3.00. The molecule has 0 atom stereocenters. The number of nitrogens with zero attached hydrogens (tertiary/aromatic N) is 2. The van der Waals surface area contributed by atoms with Gasteiger partial charge in [0.25, 0.3) is 0 Å². The van der Waals surface area contributed by atoms with Crippen LogP contribution in [-0.4, -0.2) is 65.5 Å². The van der Waals surface area contributed by atoms with Crippen molar-refractivity contribution in [1.29, 1.82) is 0 Å². The van der Waals surface area contributed by atoms with Gasteiger partial charge in [0.15, 0.2) is 0 Å². The van der Waals surface area contributed by atoms with Crippen molar-refractivity contribution in [3.05, 3.63) is 29.3 Å². The molecule has 0 radical (unpaired) electrons. The monoisotopic (exact) mass is 361 g/mol. The number of rotatable bonds is 10. The summed E-state index contributed by atoms with van der Waals surface area (Å²) in [6.45, 7) is 7.70. The molecule has 0 bridgehead atoms. The standard InChI is InChI=1S/C20H31N3O3/c1-4-22(11-12-24)20(26)9-10-23(17-7-8-17)14-19(25)21-18-13-15(2)5-6-16(18)3/h5-6,13,17,24H,4,7-12,14H2,1-3H3,(H,21,25). The number of hydrogen-bond acceptors (Lipinski definition) is 4. The predicted molar refractivity (Wildman–Crippen MR) is 103 cm³/mol. The number of aryl methyl sites for hydroxylation is 2. The fourth-order valence-corrected chi connectivity index (χ4v) is 3.05. The van der Waals surface area contributed by atoms with Gasteiger partial charge in [-0.05, 0) is 50.8 Å². The van der Waals surface area contributed by atoms with Crippen LogP contribution >= 0.6 is 0 Å². The average molecular weight is 361 g/mol. The molecule has 0 heterocycles. The average Bonchev–Trinajstić information content (AvgIpc) is 3.44. The Labute approximate surface area is 156 Å². The maximum Gasteiger partial charge on any atom is 0.238 e. The van der Waals surface area contributed by atoms with Gasteiger partial charge in [-0.3, -0.25) is 14.5 Å². The van der Waals surface area contributed by atoms with Crippen LogP contribution in [0.25, 0.3) is 0 Å². The first-order valence-corrected chi connectivity index (χ1v) is 9.44. The Morgan fingerprint density at radius 1 is 1.23 bits per heavy atom. The molecule has 26 heavy (non-hydrogen) atoms. The molecular weight excluding hydrogens is 330 g/mol. The minimum absolute atomic E-state index is 0.0236. The van der Waals surface area contributed by atoms with E-state index in [2.05, 4.69) is 10.2 Å². The Kier molecular flexibility index (Phi) is 7.60. The van der Waals surface area contributed by atoms with Crippen molar-refractivity contribution in [3.63, 3.8) is 0 Å². The summed E-state index contributed by atoms with van der Waals surface area (Å²) in [6, 6.07) is 6.41. The van der Waals surface area contributed by atoms with Gasteiger partial charge >= 0.3 is 0 Å². The van der Waals surface area contributed by atoms with Crippen molar-refractivity contribution in [2.45, 2.75) is 46.1 Å². The van der Waals surface area contributed by atoms with E-state index in [9.17, 15) is 9.59 Å². The van der Waals surface area contributed by atoms with Gasteiger partial charge in [0, 0.05) is 37.8 Å². The van der Waals surface area contributed by atoms with E-state index in [1.807, 2.05) is 39.0 Å². The Hall–Kier alpha value is -1.92. The lowest BCUT2D eigenvalue weighted by Gasteiger charge is -2.24. The second-order valence-electron chi connectivity index (χ2n) is 7.02. The van der Waals surface area contributed by atoms with Crippen molar-refractivity contribution < 1.29 is 14.7 Å². The second-order valence-corrected chi connectivity index (χ2v) is 7.02. The Bertz CT molecular complexity index is 629. The maximum atomic E-state index is 12.5. The third kappa shape index (κ3) is 6.11. The molecule has 1 aliphatic carbocycles. The van der Waals surface area contributed by atoms with Gasteiger partial charge in [0.05, 0.1) is 13.2 Å². The lowest BCUT2D eigenvalue weighted by atomic mass is 10.1. The van der Waals surface area contributed by atoms with Crippen LogP contribution in [0.5, 0.6) is 0 Å². The highest BCUT2D eigenvalue weighted by Crippen LogP contribution is 2.27. The maximum absolute atomic E-state index is 12.5. The number of carbonyl (C=O) groups is 2. The van der Waals surface area contributed by atoms with Gasteiger partial charge in [0.2, 0.25) is 11.8 Å². The Morgan fingerprint density at radius 3 is 2.58 bits per heavy atom. The number of aliphatic hydroxyl groups excluding tert-OH is 1. The first-order valence-electron chi connectivity index (χ1n) is 9.44. The summed E-state index contributed by atoms with van der Waals surface area (Å²) in [6.07, 6.45) is 2.54. The zero-order valence-electron chi connectivity index (χ0n) is 16.1. The Balaban J connectivity index is 1.88. The molecule has 1 fully saturated rings. The van der Waals surface area contributed by atoms with Gasteiger partial charge in [-0.15, -0.1) is 0 Å². The molecule has 0 saturated heterocycles. The zero-order chi connectivity index (χ0) is 19.1. The first kappa shape index (κ1) is 20.4. The van der Waals surface area contributed by atoms with Crippen LogP contribution in [0.4, 0.5) is 5.69 Å². The third-order valence-electron chi connectivity index (χ3n) is 4.79. The van der Waals surface area contributed by atoms with Crippen molar-refractivity contribution in [1.82, 2.24) is 9.80 Å². The summed E-state index contributed by atoms with van der Waals surface area (Å²) in [4.78, 5) is 28.5. The fourth-order valence-electron chi connectivity index (χ4n) is 3.05. The van der Waals surface area contributed by atoms with Gasteiger partial charge in [-0.25, -0.2) is 0 Å². The number of nitrogens with one attached hydrogen (secondary N) is 1. The Morgan fingerprint density at radius 2 is 1.96 bits per heavy atom. The van der Waals surface area contributed by atoms with Crippen LogP contribution < -0.4 is 5.32 Å². The molecule has 0 spiro atoms. The fraction of sp³-hybridized carbons (Fsp3) is 0.600. The van der Waals surface area contributed by atoms with E-state index < -0.39 is 0 Å². The highest BCUT2D eigenvalue weighted by atomic mass is 16.3. The molecule has 1 aliphatic rings. The molecule has 6 heteroatoms. The molecule has 2 amide bonds. The number of anilines is 1. The smallest absolute Gasteiger partial charge is 0.238 e. The van der Waals surface area contributed by atoms with E-state index in [-0.39, 0.29) is 18.4 Å². The normalized spacial score (nSPS) is 13.7. The zero-order valence-corrected chi connectivity index (χ0v) is 16.1. The molecule has 0 aliphatic heterocycles. The number of carbonyl (C=O) groups excluding carboxylic acids is 2. The second kappa shape index (κ2) is 9.69. The van der Waals surface area contributed by atoms with Gasteiger partial charge in [0.1, 0.15) is 0 Å². The summed E-state index contributed by atoms with van der Waals surface area (Å²) in [5, 5.41) is 12.0. The molecule has 2 rings (SSSR count). The molecule has 1 aromatic rings. The van der Waals surface area contributed by atoms with Crippen LogP contribution in [0.2, 0.25) is 0 Å². The topological polar surface area (TPSA) is 72.9 Å². The summed E-state index contributed by atoms with van der Waals surface area (Å²) in [7, 11) is 0. The van der Waals surface area contributed by atoms with Gasteiger partial charge < -0.3 is 15.3 Å². The largest absolute Gasteiger partial charge is 0.395 e. The molecule has 144 valence electrons. The van der Waals surface area contributed by atoms with Crippen molar-refractivity contribution in [2.75, 3.05) is 38.1 Å². The predicted octanol–water partition coefficient (Wildman–Crippen LogP) is 1.94. The molecule has 6 nitrogen and oxygen atoms in total. The van der Waals surface area contributed by atoms with Crippen LogP contribution in [0.15, 0.2) is 18.2 Å². The summed E-state index contributed by atoms with van der Waals surface area (Å²) >= 11 is 0. The number of benzene rings is 1. The molecule has 2 N–H and O–H groups in total. The number of likely N-dealkylation sites (N-methyl/N-ethyl adjacent to an activating group) is 1. The molecular formula is C20H31N3O3. The van der Waals surface area contributed by atoms with Gasteiger partial charge in [-0.2, -0.15) is 0 Å². The summed E-state index contributed by atoms with van der Waals surface area (Å²) < 4.78 is 0.